The Kier molecular flexibility index (Phi) is 4.37. The third-order valence-corrected chi connectivity index (χ3v) is 5.93. The van der Waals surface area contributed by atoms with Crippen molar-refractivity contribution >= 4 is 0 Å². The minimum Gasteiger partial charge on any atom is -0.377 e. The lowest BCUT2D eigenvalue weighted by atomic mass is 9.48. The molecule has 1 unspecified atom stereocenters. The maximum absolute atomic E-state index is 6.58. The number of rotatable bonds is 6. The minimum atomic E-state index is -0.0780. The van der Waals surface area contributed by atoms with Crippen LogP contribution < -0.4 is 5.73 Å². The van der Waals surface area contributed by atoms with Gasteiger partial charge in [-0.2, -0.15) is 0 Å². The molecular formula is C18H33NO2. The van der Waals surface area contributed by atoms with Gasteiger partial charge in [0.25, 0.3) is 0 Å². The van der Waals surface area contributed by atoms with Gasteiger partial charge in [0.2, 0.25) is 0 Å². The maximum atomic E-state index is 6.58. The van der Waals surface area contributed by atoms with Crippen molar-refractivity contribution in [2.45, 2.75) is 70.9 Å². The largest absolute Gasteiger partial charge is 0.377 e. The van der Waals surface area contributed by atoms with Crippen LogP contribution in [0.15, 0.2) is 0 Å². The van der Waals surface area contributed by atoms with Gasteiger partial charge >= 0.3 is 0 Å². The highest BCUT2D eigenvalue weighted by atomic mass is 16.5. The van der Waals surface area contributed by atoms with Gasteiger partial charge in [-0.05, 0) is 82.5 Å². The van der Waals surface area contributed by atoms with Crippen molar-refractivity contribution < 1.29 is 9.47 Å². The monoisotopic (exact) mass is 295 g/mol. The molecule has 0 aromatic carbocycles. The molecule has 2 N–H and O–H groups in total. The van der Waals surface area contributed by atoms with Crippen LogP contribution in [0.25, 0.3) is 0 Å². The predicted molar refractivity (Wildman–Crippen MR) is 85.1 cm³/mol. The van der Waals surface area contributed by atoms with E-state index in [2.05, 4.69) is 20.8 Å². The summed E-state index contributed by atoms with van der Waals surface area (Å²) >= 11 is 0. The molecule has 0 spiro atoms. The average molecular weight is 295 g/mol. The van der Waals surface area contributed by atoms with Gasteiger partial charge in [-0.15, -0.1) is 0 Å². The van der Waals surface area contributed by atoms with Gasteiger partial charge in [0, 0.05) is 6.04 Å². The Balaban J connectivity index is 1.44. The first-order valence-corrected chi connectivity index (χ1v) is 8.84. The van der Waals surface area contributed by atoms with Crippen molar-refractivity contribution in [2.24, 2.45) is 28.9 Å². The van der Waals surface area contributed by atoms with Crippen molar-refractivity contribution in [3.8, 4) is 0 Å². The van der Waals surface area contributed by atoms with Gasteiger partial charge in [0.05, 0.1) is 25.4 Å². The third-order valence-electron chi connectivity index (χ3n) is 5.93. The van der Waals surface area contributed by atoms with Gasteiger partial charge in [0.15, 0.2) is 0 Å². The molecule has 4 aliphatic rings. The Hall–Kier alpha value is -0.120. The van der Waals surface area contributed by atoms with Crippen molar-refractivity contribution in [2.75, 3.05) is 19.8 Å². The van der Waals surface area contributed by atoms with Crippen LogP contribution in [0.3, 0.4) is 0 Å². The summed E-state index contributed by atoms with van der Waals surface area (Å²) < 4.78 is 11.5. The zero-order valence-corrected chi connectivity index (χ0v) is 14.1. The summed E-state index contributed by atoms with van der Waals surface area (Å²) in [5.41, 5.74) is 6.90. The smallest absolute Gasteiger partial charge is 0.0707 e. The fraction of sp³-hybridized carbons (Fsp3) is 1.00. The van der Waals surface area contributed by atoms with E-state index in [9.17, 15) is 0 Å². The van der Waals surface area contributed by atoms with Crippen LogP contribution in [0.5, 0.6) is 0 Å². The summed E-state index contributed by atoms with van der Waals surface area (Å²) in [7, 11) is 0. The molecule has 0 amide bonds. The summed E-state index contributed by atoms with van der Waals surface area (Å²) in [6, 6.07) is 0.223. The van der Waals surface area contributed by atoms with E-state index in [4.69, 9.17) is 15.2 Å². The van der Waals surface area contributed by atoms with E-state index in [0.29, 0.717) is 25.2 Å². The number of ether oxygens (including phenoxy) is 2. The molecule has 21 heavy (non-hydrogen) atoms. The second kappa shape index (κ2) is 5.82. The van der Waals surface area contributed by atoms with Crippen molar-refractivity contribution in [3.05, 3.63) is 0 Å². The summed E-state index contributed by atoms with van der Waals surface area (Å²) in [4.78, 5) is 0. The van der Waals surface area contributed by atoms with E-state index >= 15 is 0 Å². The summed E-state index contributed by atoms with van der Waals surface area (Å²) in [6.07, 6.45) is 8.52. The Labute approximate surface area is 129 Å². The molecule has 0 aromatic heterocycles. The highest BCUT2D eigenvalue weighted by molar-refractivity contribution is 5.05. The summed E-state index contributed by atoms with van der Waals surface area (Å²) in [5.74, 6) is 2.89. The molecule has 0 radical (unpaired) electrons. The molecule has 4 bridgehead atoms. The molecule has 4 fully saturated rings. The number of hydrogen-bond donors (Lipinski definition) is 1. The van der Waals surface area contributed by atoms with Gasteiger partial charge < -0.3 is 15.2 Å². The topological polar surface area (TPSA) is 44.5 Å². The first kappa shape index (κ1) is 15.8. The van der Waals surface area contributed by atoms with Gasteiger partial charge in [0.1, 0.15) is 0 Å². The molecule has 0 heterocycles. The molecule has 4 saturated carbocycles. The van der Waals surface area contributed by atoms with E-state index in [1.165, 1.54) is 38.5 Å². The van der Waals surface area contributed by atoms with Crippen LogP contribution in [0.1, 0.15) is 59.3 Å². The maximum Gasteiger partial charge on any atom is 0.0707 e. The molecule has 0 saturated heterocycles. The summed E-state index contributed by atoms with van der Waals surface area (Å²) in [5, 5.41) is 0. The Bertz CT molecular complexity index is 325. The van der Waals surface area contributed by atoms with Crippen LogP contribution in [0.2, 0.25) is 0 Å². The van der Waals surface area contributed by atoms with E-state index in [1.54, 1.807) is 0 Å². The van der Waals surface area contributed by atoms with E-state index in [-0.39, 0.29) is 11.6 Å². The molecule has 3 nitrogen and oxygen atoms in total. The molecule has 0 aromatic rings. The summed E-state index contributed by atoms with van der Waals surface area (Å²) in [6.45, 7) is 8.27. The van der Waals surface area contributed by atoms with Crippen molar-refractivity contribution in [1.29, 1.82) is 0 Å². The van der Waals surface area contributed by atoms with Crippen molar-refractivity contribution in [3.63, 3.8) is 0 Å². The van der Waals surface area contributed by atoms with E-state index < -0.39 is 0 Å². The number of hydrogen-bond acceptors (Lipinski definition) is 3. The Morgan fingerprint density at radius 3 is 2.00 bits per heavy atom. The fourth-order valence-electron chi connectivity index (χ4n) is 5.43. The standard InChI is InChI=1S/C18H33NO2/c1-17(2,3)21-5-4-20-12-16(19)18-9-13-6-14(10-18)8-15(7-13)11-18/h13-16H,4-12,19H2,1-3H3. The minimum absolute atomic E-state index is 0.0780. The van der Waals surface area contributed by atoms with Crippen LogP contribution in [-0.4, -0.2) is 31.5 Å². The van der Waals surface area contributed by atoms with E-state index in [1.807, 2.05) is 0 Å². The lowest BCUT2D eigenvalue weighted by molar-refractivity contribution is -0.0876. The first-order valence-electron chi connectivity index (χ1n) is 8.84. The zero-order chi connectivity index (χ0) is 15.1. The highest BCUT2D eigenvalue weighted by Gasteiger charge is 2.53. The van der Waals surface area contributed by atoms with Gasteiger partial charge in [-0.25, -0.2) is 0 Å². The quantitative estimate of drug-likeness (QED) is 0.764. The van der Waals surface area contributed by atoms with Crippen LogP contribution in [-0.2, 0) is 9.47 Å². The molecule has 1 atom stereocenters. The van der Waals surface area contributed by atoms with Crippen molar-refractivity contribution in [1.82, 2.24) is 0 Å². The Morgan fingerprint density at radius 1 is 1.00 bits per heavy atom. The molecular weight excluding hydrogens is 262 g/mol. The second-order valence-corrected chi connectivity index (χ2v) is 8.92. The average Bonchev–Trinajstić information content (AvgIpc) is 2.35. The van der Waals surface area contributed by atoms with E-state index in [0.717, 1.165) is 17.8 Å². The zero-order valence-electron chi connectivity index (χ0n) is 14.1. The lowest BCUT2D eigenvalue weighted by Crippen LogP contribution is -2.56. The van der Waals surface area contributed by atoms with Gasteiger partial charge in [-0.1, -0.05) is 0 Å². The predicted octanol–water partition coefficient (Wildman–Crippen LogP) is 3.36. The van der Waals surface area contributed by atoms with Crippen LogP contribution in [0.4, 0.5) is 0 Å². The SMILES string of the molecule is CC(C)(C)OCCOCC(N)C12CC3CC(CC(C3)C1)C2. The molecule has 4 aliphatic carbocycles. The third kappa shape index (κ3) is 3.62. The lowest BCUT2D eigenvalue weighted by Gasteiger charge is -2.58. The molecule has 0 aliphatic heterocycles. The molecule has 3 heteroatoms. The fourth-order valence-corrected chi connectivity index (χ4v) is 5.43. The normalized spacial score (nSPS) is 39.7. The second-order valence-electron chi connectivity index (χ2n) is 8.92. The van der Waals surface area contributed by atoms with Crippen LogP contribution in [0, 0.1) is 23.2 Å². The Morgan fingerprint density at radius 2 is 1.52 bits per heavy atom. The number of nitrogens with two attached hydrogens (primary N) is 1. The molecule has 122 valence electrons. The molecule has 4 rings (SSSR count). The highest BCUT2D eigenvalue weighted by Crippen LogP contribution is 2.60. The van der Waals surface area contributed by atoms with Gasteiger partial charge in [-0.3, -0.25) is 0 Å². The van der Waals surface area contributed by atoms with Crippen LogP contribution >= 0.6 is 0 Å². The first-order chi connectivity index (χ1) is 9.86.